The lowest BCUT2D eigenvalue weighted by atomic mass is 10.2. The first-order valence-corrected chi connectivity index (χ1v) is 13.1. The summed E-state index contributed by atoms with van der Waals surface area (Å²) in [6.45, 7) is 3.16. The molecule has 10 nitrogen and oxygen atoms in total. The maximum Gasteiger partial charge on any atom is 0.322 e. The van der Waals surface area contributed by atoms with E-state index in [0.29, 0.717) is 11.3 Å². The summed E-state index contributed by atoms with van der Waals surface area (Å²) in [5, 5.41) is 9.30. The fraction of sp³-hybridized carbons (Fsp3) is 0.286. The van der Waals surface area contributed by atoms with Crippen molar-refractivity contribution in [1.29, 1.82) is 0 Å². The van der Waals surface area contributed by atoms with Gasteiger partial charge in [-0.3, -0.25) is 10.1 Å². The molecular weight excluding hydrogens is 470 g/mol. The largest absolute Gasteiger partial charge is 0.497 e. The van der Waals surface area contributed by atoms with Crippen molar-refractivity contribution in [3.05, 3.63) is 48.5 Å². The van der Waals surface area contributed by atoms with E-state index in [-0.39, 0.29) is 28.1 Å². The molecule has 0 unspecified atom stereocenters. The molecule has 0 atom stereocenters. The zero-order valence-corrected chi connectivity index (χ0v) is 19.8. The molecule has 0 radical (unpaired) electrons. The molecule has 3 rings (SSSR count). The molecule has 1 heterocycles. The van der Waals surface area contributed by atoms with Crippen LogP contribution in [0.2, 0.25) is 0 Å². The van der Waals surface area contributed by atoms with E-state index < -0.39 is 36.6 Å². The first-order chi connectivity index (χ1) is 15.5. The van der Waals surface area contributed by atoms with Crippen LogP contribution in [-0.4, -0.2) is 51.1 Å². The summed E-state index contributed by atoms with van der Waals surface area (Å²) in [7, 11) is -5.69. The number of rotatable bonds is 9. The highest BCUT2D eigenvalue weighted by atomic mass is 32.2. The molecule has 1 N–H and O–H groups in total. The number of anilines is 1. The molecule has 0 bridgehead atoms. The van der Waals surface area contributed by atoms with Crippen molar-refractivity contribution in [2.24, 2.45) is 0 Å². The van der Waals surface area contributed by atoms with E-state index in [1.165, 1.54) is 43.5 Å². The highest BCUT2D eigenvalue weighted by Gasteiger charge is 2.21. The van der Waals surface area contributed by atoms with Crippen LogP contribution in [0.4, 0.5) is 6.01 Å². The molecule has 1 aromatic heterocycles. The Morgan fingerprint density at radius 2 is 1.73 bits per heavy atom. The Morgan fingerprint density at radius 3 is 2.36 bits per heavy atom. The van der Waals surface area contributed by atoms with Gasteiger partial charge in [0, 0.05) is 12.0 Å². The predicted octanol–water partition coefficient (Wildman–Crippen LogP) is 2.73. The van der Waals surface area contributed by atoms with Gasteiger partial charge in [-0.15, -0.1) is 5.10 Å². The number of nitrogens with one attached hydrogen (secondary N) is 1. The van der Waals surface area contributed by atoms with Gasteiger partial charge in [-0.05, 0) is 56.3 Å². The van der Waals surface area contributed by atoms with E-state index in [9.17, 15) is 21.6 Å². The van der Waals surface area contributed by atoms with Crippen LogP contribution in [0.5, 0.6) is 5.75 Å². The molecule has 176 valence electrons. The van der Waals surface area contributed by atoms with Crippen molar-refractivity contribution >= 4 is 31.6 Å². The lowest BCUT2D eigenvalue weighted by Crippen LogP contribution is -2.17. The average molecular weight is 494 g/mol. The van der Waals surface area contributed by atoms with Crippen LogP contribution >= 0.6 is 0 Å². The van der Waals surface area contributed by atoms with Crippen LogP contribution in [0, 0.1) is 0 Å². The van der Waals surface area contributed by atoms with Gasteiger partial charge in [-0.1, -0.05) is 11.2 Å². The van der Waals surface area contributed by atoms with Crippen LogP contribution < -0.4 is 10.1 Å². The van der Waals surface area contributed by atoms with Gasteiger partial charge in [0.2, 0.25) is 11.8 Å². The summed E-state index contributed by atoms with van der Waals surface area (Å²) in [5.41, 5.74) is 0.367. The smallest absolute Gasteiger partial charge is 0.322 e. The standard InChI is InChI=1S/C21H23N3O7S2/c1-14(2)33(28,29)18-6-4-5-15(13-18)20-23-24-21(31-20)22-19(25)11-12-32(26,27)17-9-7-16(30-3)8-10-17/h4-10,13-14H,11-12H2,1-3H3,(H,22,24,25). The van der Waals surface area contributed by atoms with Crippen molar-refractivity contribution in [1.82, 2.24) is 10.2 Å². The second kappa shape index (κ2) is 9.71. The minimum atomic E-state index is -3.68. The van der Waals surface area contributed by atoms with Gasteiger partial charge >= 0.3 is 6.01 Å². The van der Waals surface area contributed by atoms with Crippen LogP contribution in [0.25, 0.3) is 11.5 Å². The van der Waals surface area contributed by atoms with Gasteiger partial charge in [-0.2, -0.15) is 0 Å². The first-order valence-electron chi connectivity index (χ1n) is 9.87. The summed E-state index contributed by atoms with van der Waals surface area (Å²) in [6, 6.07) is 11.7. The lowest BCUT2D eigenvalue weighted by molar-refractivity contribution is -0.115. The van der Waals surface area contributed by atoms with Gasteiger partial charge in [-0.25, -0.2) is 16.8 Å². The van der Waals surface area contributed by atoms with E-state index in [2.05, 4.69) is 15.5 Å². The van der Waals surface area contributed by atoms with Crippen molar-refractivity contribution < 1.29 is 30.8 Å². The van der Waals surface area contributed by atoms with E-state index in [1.807, 2.05) is 0 Å². The zero-order chi connectivity index (χ0) is 24.2. The number of ether oxygens (including phenoxy) is 1. The number of carbonyl (C=O) groups excluding carboxylic acids is 1. The number of aromatic nitrogens is 2. The molecule has 0 spiro atoms. The molecule has 12 heteroatoms. The molecule has 0 saturated carbocycles. The molecule has 0 aliphatic heterocycles. The summed E-state index contributed by atoms with van der Waals surface area (Å²) < 4.78 is 60.0. The monoisotopic (exact) mass is 493 g/mol. The van der Waals surface area contributed by atoms with E-state index >= 15 is 0 Å². The van der Waals surface area contributed by atoms with Gasteiger partial charge in [0.25, 0.3) is 0 Å². The Labute approximate surface area is 191 Å². The zero-order valence-electron chi connectivity index (χ0n) is 18.2. The van der Waals surface area contributed by atoms with Crippen LogP contribution in [-0.2, 0) is 24.5 Å². The molecule has 3 aromatic rings. The molecule has 33 heavy (non-hydrogen) atoms. The van der Waals surface area contributed by atoms with E-state index in [4.69, 9.17) is 9.15 Å². The van der Waals surface area contributed by atoms with Crippen molar-refractivity contribution in [3.8, 4) is 17.2 Å². The number of sulfone groups is 2. The van der Waals surface area contributed by atoms with Gasteiger partial charge in [0.05, 0.1) is 27.9 Å². The highest BCUT2D eigenvalue weighted by molar-refractivity contribution is 7.92. The summed E-state index contributed by atoms with van der Waals surface area (Å²) in [4.78, 5) is 12.4. The number of amides is 1. The quantitative estimate of drug-likeness (QED) is 0.475. The minimum absolute atomic E-state index is 0.0111. The van der Waals surface area contributed by atoms with Gasteiger partial charge in [0.15, 0.2) is 19.7 Å². The number of benzene rings is 2. The second-order valence-electron chi connectivity index (χ2n) is 7.33. The highest BCUT2D eigenvalue weighted by Crippen LogP contribution is 2.25. The molecule has 2 aromatic carbocycles. The fourth-order valence-electron chi connectivity index (χ4n) is 2.78. The minimum Gasteiger partial charge on any atom is -0.497 e. The normalized spacial score (nSPS) is 12.0. The maximum atomic E-state index is 12.4. The Hall–Kier alpha value is -3.25. The molecule has 0 aliphatic carbocycles. The van der Waals surface area contributed by atoms with Crippen molar-refractivity contribution in [2.75, 3.05) is 18.2 Å². The van der Waals surface area contributed by atoms with Gasteiger partial charge < -0.3 is 9.15 Å². The third-order valence-electron chi connectivity index (χ3n) is 4.72. The third-order valence-corrected chi connectivity index (χ3v) is 8.60. The van der Waals surface area contributed by atoms with Crippen molar-refractivity contribution in [2.45, 2.75) is 35.3 Å². The van der Waals surface area contributed by atoms with E-state index in [1.54, 1.807) is 26.0 Å². The van der Waals surface area contributed by atoms with Crippen LogP contribution in [0.3, 0.4) is 0 Å². The summed E-state index contributed by atoms with van der Waals surface area (Å²) in [6.07, 6.45) is -0.325. The maximum absolute atomic E-state index is 12.4. The molecule has 0 fully saturated rings. The average Bonchev–Trinajstić information content (AvgIpc) is 3.26. The number of hydrogen-bond acceptors (Lipinski definition) is 9. The predicted molar refractivity (Wildman–Crippen MR) is 120 cm³/mol. The number of hydrogen-bond donors (Lipinski definition) is 1. The van der Waals surface area contributed by atoms with Crippen LogP contribution in [0.1, 0.15) is 20.3 Å². The van der Waals surface area contributed by atoms with E-state index in [0.717, 1.165) is 0 Å². The Balaban J connectivity index is 1.65. The third kappa shape index (κ3) is 5.76. The molecule has 1 amide bonds. The number of carbonyl (C=O) groups is 1. The SMILES string of the molecule is COc1ccc(S(=O)(=O)CCC(=O)Nc2nnc(-c3cccc(S(=O)(=O)C(C)C)c3)o2)cc1. The Bertz CT molecular complexity index is 1350. The fourth-order valence-corrected chi connectivity index (χ4v) is 5.12. The number of nitrogens with zero attached hydrogens (tertiary/aromatic N) is 2. The van der Waals surface area contributed by atoms with Crippen molar-refractivity contribution in [3.63, 3.8) is 0 Å². The Morgan fingerprint density at radius 1 is 1.03 bits per heavy atom. The molecular formula is C21H23N3O7S2. The molecule has 0 saturated heterocycles. The first kappa shape index (κ1) is 24.4. The summed E-state index contributed by atoms with van der Waals surface area (Å²) in [5.74, 6) is -0.511. The topological polar surface area (TPSA) is 146 Å². The lowest BCUT2D eigenvalue weighted by Gasteiger charge is -2.08. The Kier molecular flexibility index (Phi) is 7.18. The second-order valence-corrected chi connectivity index (χ2v) is 11.9. The molecule has 0 aliphatic rings. The van der Waals surface area contributed by atoms with Crippen LogP contribution in [0.15, 0.2) is 62.7 Å². The number of methoxy groups -OCH3 is 1. The van der Waals surface area contributed by atoms with Gasteiger partial charge in [0.1, 0.15) is 5.75 Å². The summed E-state index contributed by atoms with van der Waals surface area (Å²) >= 11 is 0.